The van der Waals surface area contributed by atoms with Crippen LogP contribution in [0.4, 0.5) is 0 Å². The van der Waals surface area contributed by atoms with Gasteiger partial charge in [0, 0.05) is 6.42 Å². The molecule has 0 saturated carbocycles. The fraction of sp³-hybridized carbons (Fsp3) is 0.667. The van der Waals surface area contributed by atoms with Crippen LogP contribution < -0.4 is 0 Å². The summed E-state index contributed by atoms with van der Waals surface area (Å²) in [6.45, 7) is 6.39. The maximum Gasteiger partial charge on any atom is 0.156 e. The Bertz CT molecular complexity index is 177. The highest BCUT2D eigenvalue weighted by molar-refractivity contribution is 5.93. The summed E-state index contributed by atoms with van der Waals surface area (Å²) in [4.78, 5) is 10.9. The second-order valence-corrected chi connectivity index (χ2v) is 3.41. The van der Waals surface area contributed by atoms with E-state index in [1.807, 2.05) is 0 Å². The third kappa shape index (κ3) is 1.28. The fourth-order valence-corrected chi connectivity index (χ4v) is 1.56. The Morgan fingerprint density at radius 3 is 2.40 bits per heavy atom. The zero-order valence-electron chi connectivity index (χ0n) is 6.85. The lowest BCUT2D eigenvalue weighted by Gasteiger charge is -2.14. The average molecular weight is 138 g/mol. The number of hydrogen-bond acceptors (Lipinski definition) is 1. The molecular weight excluding hydrogens is 124 g/mol. The molecule has 0 aromatic heterocycles. The monoisotopic (exact) mass is 138 g/mol. The Morgan fingerprint density at radius 2 is 2.20 bits per heavy atom. The molecular formula is C9H14O. The molecule has 0 heterocycles. The van der Waals surface area contributed by atoms with Crippen molar-refractivity contribution in [2.45, 2.75) is 27.2 Å². The number of carbonyl (C=O) groups is 1. The number of ketones is 1. The molecule has 1 nitrogen and oxygen atoms in total. The Balaban J connectivity index is 2.68. The lowest BCUT2D eigenvalue weighted by atomic mass is 9.90. The molecule has 1 heteroatoms. The second kappa shape index (κ2) is 2.57. The molecule has 1 aliphatic carbocycles. The van der Waals surface area contributed by atoms with E-state index in [-0.39, 0.29) is 0 Å². The number of allylic oxidation sites excluding steroid dienone is 2. The number of carbonyl (C=O) groups excluding carboxylic acids is 1. The van der Waals surface area contributed by atoms with Crippen LogP contribution in [0, 0.1) is 11.8 Å². The molecule has 1 aliphatic rings. The predicted octanol–water partition coefficient (Wildman–Crippen LogP) is 2.18. The summed E-state index contributed by atoms with van der Waals surface area (Å²) in [5.74, 6) is 1.44. The van der Waals surface area contributed by atoms with Crippen molar-refractivity contribution in [2.75, 3.05) is 0 Å². The zero-order chi connectivity index (χ0) is 7.72. The van der Waals surface area contributed by atoms with Crippen LogP contribution >= 0.6 is 0 Å². The molecule has 1 rings (SSSR count). The number of hydrogen-bond donors (Lipinski definition) is 0. The first-order valence-electron chi connectivity index (χ1n) is 3.82. The van der Waals surface area contributed by atoms with E-state index in [0.29, 0.717) is 17.6 Å². The molecule has 0 N–H and O–H groups in total. The van der Waals surface area contributed by atoms with Crippen LogP contribution in [-0.2, 0) is 4.79 Å². The van der Waals surface area contributed by atoms with E-state index in [4.69, 9.17) is 0 Å². The van der Waals surface area contributed by atoms with Gasteiger partial charge in [-0.15, -0.1) is 0 Å². The summed E-state index contributed by atoms with van der Waals surface area (Å²) in [6.07, 6.45) is 2.52. The summed E-state index contributed by atoms with van der Waals surface area (Å²) in [6, 6.07) is 0. The van der Waals surface area contributed by atoms with Crippen molar-refractivity contribution in [3.05, 3.63) is 11.6 Å². The highest BCUT2D eigenvalue weighted by Crippen LogP contribution is 2.29. The summed E-state index contributed by atoms with van der Waals surface area (Å²) < 4.78 is 0. The Labute approximate surface area is 62.1 Å². The van der Waals surface area contributed by atoms with E-state index in [2.05, 4.69) is 20.8 Å². The van der Waals surface area contributed by atoms with Crippen LogP contribution in [0.2, 0.25) is 0 Å². The van der Waals surface area contributed by atoms with Crippen molar-refractivity contribution in [3.8, 4) is 0 Å². The maximum absolute atomic E-state index is 10.9. The minimum atomic E-state index is 0.302. The second-order valence-electron chi connectivity index (χ2n) is 3.41. The lowest BCUT2D eigenvalue weighted by Crippen LogP contribution is -2.07. The minimum Gasteiger partial charge on any atom is -0.295 e. The quantitative estimate of drug-likeness (QED) is 0.542. The van der Waals surface area contributed by atoms with Crippen LogP contribution in [0.3, 0.4) is 0 Å². The van der Waals surface area contributed by atoms with Gasteiger partial charge in [0.25, 0.3) is 0 Å². The van der Waals surface area contributed by atoms with Crippen molar-refractivity contribution < 1.29 is 4.79 Å². The largest absolute Gasteiger partial charge is 0.295 e. The summed E-state index contributed by atoms with van der Waals surface area (Å²) >= 11 is 0. The lowest BCUT2D eigenvalue weighted by molar-refractivity contribution is -0.114. The van der Waals surface area contributed by atoms with Crippen LogP contribution in [0.5, 0.6) is 0 Å². The van der Waals surface area contributed by atoms with Crippen LogP contribution in [0.15, 0.2) is 11.6 Å². The molecule has 0 amide bonds. The smallest absolute Gasteiger partial charge is 0.156 e. The van der Waals surface area contributed by atoms with Gasteiger partial charge in [-0.1, -0.05) is 19.4 Å². The van der Waals surface area contributed by atoms with E-state index < -0.39 is 0 Å². The van der Waals surface area contributed by atoms with Crippen LogP contribution in [-0.4, -0.2) is 5.78 Å². The summed E-state index contributed by atoms with van der Waals surface area (Å²) in [5.41, 5.74) is 1.26. The third-order valence-corrected chi connectivity index (χ3v) is 2.20. The molecule has 0 aromatic carbocycles. The highest BCUT2D eigenvalue weighted by atomic mass is 16.1. The fourth-order valence-electron chi connectivity index (χ4n) is 1.56. The molecule has 0 aliphatic heterocycles. The Morgan fingerprint density at radius 1 is 1.60 bits per heavy atom. The van der Waals surface area contributed by atoms with Gasteiger partial charge in [0.2, 0.25) is 0 Å². The van der Waals surface area contributed by atoms with Gasteiger partial charge in [-0.2, -0.15) is 0 Å². The average Bonchev–Trinajstić information content (AvgIpc) is 2.10. The van der Waals surface area contributed by atoms with E-state index in [1.165, 1.54) is 5.57 Å². The molecule has 56 valence electrons. The van der Waals surface area contributed by atoms with Crippen LogP contribution in [0.1, 0.15) is 27.2 Å². The first-order chi connectivity index (χ1) is 4.61. The van der Waals surface area contributed by atoms with Crippen molar-refractivity contribution in [1.29, 1.82) is 0 Å². The van der Waals surface area contributed by atoms with Crippen LogP contribution in [0.25, 0.3) is 0 Å². The maximum atomic E-state index is 10.9. The van der Waals surface area contributed by atoms with Crippen molar-refractivity contribution >= 4 is 5.78 Å². The Kier molecular flexibility index (Phi) is 1.93. The number of rotatable bonds is 1. The molecule has 0 bridgehead atoms. The van der Waals surface area contributed by atoms with Gasteiger partial charge in [-0.25, -0.2) is 0 Å². The first kappa shape index (κ1) is 7.52. The first-order valence-corrected chi connectivity index (χ1v) is 3.82. The highest BCUT2D eigenvalue weighted by Gasteiger charge is 2.23. The molecule has 0 radical (unpaired) electrons. The summed E-state index contributed by atoms with van der Waals surface area (Å²) in [5, 5.41) is 0. The standard InChI is InChI=1S/C9H14O/c1-6(2)9-5-8(10)4-7(9)3/h4,6,9H,5H2,1-3H3/t9-/m1/s1. The zero-order valence-corrected chi connectivity index (χ0v) is 6.85. The van der Waals surface area contributed by atoms with E-state index in [1.54, 1.807) is 6.08 Å². The van der Waals surface area contributed by atoms with Crippen molar-refractivity contribution in [3.63, 3.8) is 0 Å². The Hall–Kier alpha value is -0.590. The van der Waals surface area contributed by atoms with E-state index in [0.717, 1.165) is 6.42 Å². The van der Waals surface area contributed by atoms with Gasteiger partial charge >= 0.3 is 0 Å². The molecule has 0 saturated heterocycles. The van der Waals surface area contributed by atoms with Gasteiger partial charge in [-0.3, -0.25) is 4.79 Å². The third-order valence-electron chi connectivity index (χ3n) is 2.20. The molecule has 0 spiro atoms. The molecule has 0 unspecified atom stereocenters. The normalized spacial score (nSPS) is 25.8. The molecule has 1 atom stereocenters. The molecule has 0 aromatic rings. The summed E-state index contributed by atoms with van der Waals surface area (Å²) in [7, 11) is 0. The van der Waals surface area contributed by atoms with Gasteiger partial charge < -0.3 is 0 Å². The molecule has 10 heavy (non-hydrogen) atoms. The van der Waals surface area contributed by atoms with E-state index >= 15 is 0 Å². The SMILES string of the molecule is CC1=CC(=O)C[C@@H]1C(C)C. The topological polar surface area (TPSA) is 17.1 Å². The predicted molar refractivity (Wildman–Crippen MR) is 41.7 cm³/mol. The van der Waals surface area contributed by atoms with Gasteiger partial charge in [0.1, 0.15) is 0 Å². The van der Waals surface area contributed by atoms with Crippen molar-refractivity contribution in [2.24, 2.45) is 11.8 Å². The minimum absolute atomic E-state index is 0.302. The van der Waals surface area contributed by atoms with Gasteiger partial charge in [0.15, 0.2) is 5.78 Å². The van der Waals surface area contributed by atoms with Crippen molar-refractivity contribution in [1.82, 2.24) is 0 Å². The van der Waals surface area contributed by atoms with Gasteiger partial charge in [0.05, 0.1) is 0 Å². The van der Waals surface area contributed by atoms with Gasteiger partial charge in [-0.05, 0) is 24.8 Å². The molecule has 0 fully saturated rings. The van der Waals surface area contributed by atoms with E-state index in [9.17, 15) is 4.79 Å².